The van der Waals surface area contributed by atoms with E-state index in [1.54, 1.807) is 31.5 Å². The van der Waals surface area contributed by atoms with E-state index in [0.717, 1.165) is 33.5 Å². The van der Waals surface area contributed by atoms with Crippen molar-refractivity contribution in [3.05, 3.63) is 101 Å². The molecule has 0 N–H and O–H groups in total. The second kappa shape index (κ2) is 12.3. The van der Waals surface area contributed by atoms with Gasteiger partial charge in [0, 0.05) is 44.2 Å². The molecule has 0 unspecified atom stereocenters. The zero-order valence-corrected chi connectivity index (χ0v) is 25.8. The first kappa shape index (κ1) is 29.6. The molecule has 0 saturated carbocycles. The number of fused-ring (bicyclic) bond motifs is 1. The maximum atomic E-state index is 14.0. The fourth-order valence-electron chi connectivity index (χ4n) is 5.95. The van der Waals surface area contributed by atoms with Crippen LogP contribution >= 0.6 is 11.8 Å². The third-order valence-corrected chi connectivity index (χ3v) is 9.52. The summed E-state index contributed by atoms with van der Waals surface area (Å²) in [6.45, 7) is 7.14. The van der Waals surface area contributed by atoms with Crippen LogP contribution in [0.4, 0.5) is 10.2 Å². The van der Waals surface area contributed by atoms with Gasteiger partial charge in [-0.25, -0.2) is 9.07 Å². The number of piperazine rings is 1. The number of nitrogens with zero attached hydrogens (tertiary/aromatic N) is 5. The van der Waals surface area contributed by atoms with Crippen molar-refractivity contribution in [2.45, 2.75) is 26.0 Å². The van der Waals surface area contributed by atoms with Gasteiger partial charge in [-0.1, -0.05) is 60.2 Å². The molecule has 1 fully saturated rings. The highest BCUT2D eigenvalue weighted by Gasteiger charge is 2.38. The Morgan fingerprint density at radius 1 is 0.932 bits per heavy atom. The Morgan fingerprint density at radius 2 is 1.61 bits per heavy atom. The van der Waals surface area contributed by atoms with Crippen molar-refractivity contribution in [2.75, 3.05) is 43.4 Å². The van der Waals surface area contributed by atoms with Gasteiger partial charge < -0.3 is 9.80 Å². The summed E-state index contributed by atoms with van der Waals surface area (Å²) in [7, 11) is 0. The van der Waals surface area contributed by atoms with E-state index in [1.165, 1.54) is 30.8 Å². The molecule has 8 nitrogen and oxygen atoms in total. The van der Waals surface area contributed by atoms with Crippen molar-refractivity contribution in [1.29, 1.82) is 0 Å². The number of hydrogen-bond donors (Lipinski definition) is 0. The number of anilines is 1. The Kier molecular flexibility index (Phi) is 8.27. The van der Waals surface area contributed by atoms with Gasteiger partial charge in [0.25, 0.3) is 0 Å². The molecular formula is C34H34FN5O3S. The van der Waals surface area contributed by atoms with Gasteiger partial charge in [-0.15, -0.1) is 11.8 Å². The number of hydrogen-bond acceptors (Lipinski definition) is 5. The maximum Gasteiger partial charge on any atom is 0.242 e. The van der Waals surface area contributed by atoms with E-state index in [-0.39, 0.29) is 41.1 Å². The summed E-state index contributed by atoms with van der Waals surface area (Å²) in [5.74, 6) is -0.0806. The van der Waals surface area contributed by atoms with Gasteiger partial charge in [-0.2, -0.15) is 5.10 Å². The predicted molar refractivity (Wildman–Crippen MR) is 170 cm³/mol. The summed E-state index contributed by atoms with van der Waals surface area (Å²) in [5, 5.41) is 4.81. The number of benzene rings is 3. The number of thioether (sulfide) groups is 1. The van der Waals surface area contributed by atoms with E-state index >= 15 is 0 Å². The molecule has 0 radical (unpaired) electrons. The summed E-state index contributed by atoms with van der Waals surface area (Å²) in [6, 6.07) is 22.2. The number of halogens is 1. The molecule has 226 valence electrons. The Labute approximate surface area is 260 Å². The van der Waals surface area contributed by atoms with Crippen molar-refractivity contribution in [1.82, 2.24) is 19.6 Å². The summed E-state index contributed by atoms with van der Waals surface area (Å²) in [5.41, 5.74) is 6.10. The van der Waals surface area contributed by atoms with Crippen molar-refractivity contribution in [3.8, 4) is 16.9 Å². The smallest absolute Gasteiger partial charge is 0.242 e. The van der Waals surface area contributed by atoms with Crippen molar-refractivity contribution < 1.29 is 18.8 Å². The van der Waals surface area contributed by atoms with Gasteiger partial charge in [0.1, 0.15) is 18.2 Å². The molecule has 0 spiro atoms. The summed E-state index contributed by atoms with van der Waals surface area (Å²) in [6.07, 6.45) is 0. The van der Waals surface area contributed by atoms with Crippen LogP contribution < -0.4 is 4.90 Å². The van der Waals surface area contributed by atoms with Gasteiger partial charge in [0.05, 0.1) is 22.4 Å². The fourth-order valence-corrected chi connectivity index (χ4v) is 7.14. The molecule has 1 saturated heterocycles. The second-order valence-corrected chi connectivity index (χ2v) is 12.4. The van der Waals surface area contributed by atoms with Crippen LogP contribution in [0.2, 0.25) is 0 Å². The van der Waals surface area contributed by atoms with E-state index in [9.17, 15) is 18.8 Å². The molecule has 3 amide bonds. The SMILES string of the molecule is CC(=O)N1CCN(C(=O)CN2C(=O)CS[C@@H](c3ccc(F)cc3)c3c(-c4ccccc4)nn(-c4ccc(C)cc4C)c32)CC1. The average Bonchev–Trinajstić information content (AvgIpc) is 3.34. The fraction of sp³-hybridized carbons (Fsp3) is 0.294. The molecule has 44 heavy (non-hydrogen) atoms. The lowest BCUT2D eigenvalue weighted by Crippen LogP contribution is -2.53. The number of carbonyl (C=O) groups is 3. The number of amides is 3. The van der Waals surface area contributed by atoms with E-state index in [1.807, 2.05) is 56.3 Å². The molecule has 0 bridgehead atoms. The van der Waals surface area contributed by atoms with Crippen LogP contribution in [0.25, 0.3) is 16.9 Å². The van der Waals surface area contributed by atoms with Crippen LogP contribution in [-0.4, -0.2) is 75.8 Å². The van der Waals surface area contributed by atoms with Gasteiger partial charge >= 0.3 is 0 Å². The second-order valence-electron chi connectivity index (χ2n) is 11.3. The van der Waals surface area contributed by atoms with Gasteiger partial charge in [0.2, 0.25) is 17.7 Å². The molecule has 1 atom stereocenters. The molecule has 2 aliphatic heterocycles. The first-order valence-corrected chi connectivity index (χ1v) is 15.7. The van der Waals surface area contributed by atoms with Crippen LogP contribution in [0.5, 0.6) is 0 Å². The normalized spacial score (nSPS) is 17.0. The lowest BCUT2D eigenvalue weighted by atomic mass is 9.99. The molecule has 3 aromatic carbocycles. The molecule has 0 aliphatic carbocycles. The monoisotopic (exact) mass is 611 g/mol. The molecular weight excluding hydrogens is 577 g/mol. The largest absolute Gasteiger partial charge is 0.339 e. The van der Waals surface area contributed by atoms with Crippen LogP contribution in [-0.2, 0) is 14.4 Å². The van der Waals surface area contributed by atoms with Crippen LogP contribution in [0.15, 0.2) is 72.8 Å². The summed E-state index contributed by atoms with van der Waals surface area (Å²) in [4.78, 5) is 44.7. The minimum atomic E-state index is -0.344. The van der Waals surface area contributed by atoms with Crippen LogP contribution in [0.1, 0.15) is 34.4 Å². The highest BCUT2D eigenvalue weighted by Crippen LogP contribution is 2.48. The van der Waals surface area contributed by atoms with E-state index in [2.05, 4.69) is 6.07 Å². The van der Waals surface area contributed by atoms with E-state index < -0.39 is 0 Å². The highest BCUT2D eigenvalue weighted by atomic mass is 32.2. The van der Waals surface area contributed by atoms with Gasteiger partial charge in [0.15, 0.2) is 0 Å². The number of aryl methyl sites for hydroxylation is 2. The van der Waals surface area contributed by atoms with Crippen LogP contribution in [0.3, 0.4) is 0 Å². The molecule has 3 heterocycles. The minimum absolute atomic E-state index is 0.0147. The summed E-state index contributed by atoms with van der Waals surface area (Å²) < 4.78 is 15.8. The Bertz CT molecular complexity index is 1710. The molecule has 6 rings (SSSR count). The third kappa shape index (κ3) is 5.74. The number of rotatable bonds is 5. The first-order valence-electron chi connectivity index (χ1n) is 14.7. The summed E-state index contributed by atoms with van der Waals surface area (Å²) >= 11 is 1.45. The lowest BCUT2D eigenvalue weighted by Gasteiger charge is -2.35. The molecule has 4 aromatic rings. The van der Waals surface area contributed by atoms with Crippen molar-refractivity contribution in [3.63, 3.8) is 0 Å². The molecule has 1 aromatic heterocycles. The maximum absolute atomic E-state index is 14.0. The molecule has 2 aliphatic rings. The Morgan fingerprint density at radius 3 is 2.27 bits per heavy atom. The Balaban J connectivity index is 1.53. The van der Waals surface area contributed by atoms with E-state index in [4.69, 9.17) is 5.10 Å². The number of aromatic nitrogens is 2. The standard InChI is InChI=1S/C34H34FN5O3S/c1-22-9-14-28(23(2)19-22)40-34-31(32(36-40)25-7-5-4-6-8-25)33(26-10-12-27(35)13-11-26)44-21-30(43)39(34)20-29(42)38-17-15-37(16-18-38)24(3)41/h4-14,19,33H,15-18,20-21H2,1-3H3/t33-/m0/s1. The predicted octanol–water partition coefficient (Wildman–Crippen LogP) is 5.16. The van der Waals surface area contributed by atoms with Crippen molar-refractivity contribution in [2.24, 2.45) is 0 Å². The van der Waals surface area contributed by atoms with Gasteiger partial charge in [-0.05, 0) is 43.2 Å². The average molecular weight is 612 g/mol. The van der Waals surface area contributed by atoms with Gasteiger partial charge in [-0.3, -0.25) is 19.3 Å². The first-order chi connectivity index (χ1) is 21.2. The minimum Gasteiger partial charge on any atom is -0.339 e. The number of carbonyl (C=O) groups excluding carboxylic acids is 3. The van der Waals surface area contributed by atoms with E-state index in [0.29, 0.717) is 37.7 Å². The molecule has 10 heteroatoms. The topological polar surface area (TPSA) is 78.8 Å². The lowest BCUT2D eigenvalue weighted by molar-refractivity contribution is -0.137. The zero-order valence-electron chi connectivity index (χ0n) is 25.0. The Hall–Kier alpha value is -4.44. The van der Waals surface area contributed by atoms with Crippen molar-refractivity contribution >= 4 is 35.3 Å². The third-order valence-electron chi connectivity index (χ3n) is 8.26. The van der Waals surface area contributed by atoms with Crippen LogP contribution in [0, 0.1) is 19.7 Å². The zero-order chi connectivity index (χ0) is 31.0. The quantitative estimate of drug-likeness (QED) is 0.312. The highest BCUT2D eigenvalue weighted by molar-refractivity contribution is 8.00.